The molecule has 1 aliphatic rings. The molecule has 2 aromatic rings. The first-order valence-corrected chi connectivity index (χ1v) is 12.9. The highest BCUT2D eigenvalue weighted by Crippen LogP contribution is 2.45. The average Bonchev–Trinajstić information content (AvgIpc) is 3.20. The Morgan fingerprint density at radius 3 is 2.09 bits per heavy atom. The maximum absolute atomic E-state index is 12.5. The van der Waals surface area contributed by atoms with Crippen molar-refractivity contribution in [1.82, 2.24) is 5.32 Å². The molecule has 1 fully saturated rings. The van der Waals surface area contributed by atoms with Crippen molar-refractivity contribution >= 4 is 6.16 Å². The Labute approximate surface area is 205 Å². The summed E-state index contributed by atoms with van der Waals surface area (Å²) in [5.41, 5.74) is 11.7. The quantitative estimate of drug-likeness (QED) is 0.297. The van der Waals surface area contributed by atoms with E-state index in [4.69, 9.17) is 15.2 Å². The first kappa shape index (κ1) is 26.2. The van der Waals surface area contributed by atoms with Gasteiger partial charge in [0.1, 0.15) is 0 Å². The molecule has 5 heteroatoms. The van der Waals surface area contributed by atoms with Crippen LogP contribution in [0.25, 0.3) is 0 Å². The van der Waals surface area contributed by atoms with E-state index in [2.05, 4.69) is 82.4 Å². The molecule has 4 unspecified atom stereocenters. The molecular formula is C29H42N2O3. The second-order valence-corrected chi connectivity index (χ2v) is 9.73. The third-order valence-electron chi connectivity index (χ3n) is 7.20. The van der Waals surface area contributed by atoms with Gasteiger partial charge in [-0.15, -0.1) is 0 Å². The third-order valence-corrected chi connectivity index (χ3v) is 7.20. The molecule has 1 saturated heterocycles. The number of ether oxygens (including phenoxy) is 2. The number of hydrogen-bond donors (Lipinski definition) is 2. The van der Waals surface area contributed by atoms with Gasteiger partial charge >= 0.3 is 6.16 Å². The Morgan fingerprint density at radius 1 is 0.912 bits per heavy atom. The van der Waals surface area contributed by atoms with E-state index in [0.29, 0.717) is 0 Å². The Kier molecular flexibility index (Phi) is 9.54. The fourth-order valence-electron chi connectivity index (χ4n) is 5.37. The van der Waals surface area contributed by atoms with Crippen molar-refractivity contribution in [2.24, 2.45) is 5.73 Å². The van der Waals surface area contributed by atoms with Gasteiger partial charge in [0.25, 0.3) is 0 Å². The normalized spacial score (nSPS) is 21.4. The van der Waals surface area contributed by atoms with Gasteiger partial charge in [0, 0.05) is 23.9 Å². The molecule has 1 aliphatic heterocycles. The van der Waals surface area contributed by atoms with Gasteiger partial charge in [-0.25, -0.2) is 4.79 Å². The number of rotatable bonds is 12. The van der Waals surface area contributed by atoms with Gasteiger partial charge < -0.3 is 20.5 Å². The second-order valence-electron chi connectivity index (χ2n) is 9.73. The van der Waals surface area contributed by atoms with Crippen LogP contribution in [0.4, 0.5) is 4.79 Å². The zero-order valence-corrected chi connectivity index (χ0v) is 21.4. The Bertz CT molecular complexity index is 931. The summed E-state index contributed by atoms with van der Waals surface area (Å²) in [5, 5.41) is 3.55. The van der Waals surface area contributed by atoms with Crippen molar-refractivity contribution in [3.05, 3.63) is 70.8 Å². The summed E-state index contributed by atoms with van der Waals surface area (Å²) in [5.74, 6) is -0.150. The molecule has 0 spiro atoms. The van der Waals surface area contributed by atoms with Crippen molar-refractivity contribution in [3.8, 4) is 0 Å². The Morgan fingerprint density at radius 2 is 1.50 bits per heavy atom. The molecule has 34 heavy (non-hydrogen) atoms. The van der Waals surface area contributed by atoms with Gasteiger partial charge in [-0.1, -0.05) is 75.2 Å². The fourth-order valence-corrected chi connectivity index (χ4v) is 5.37. The molecule has 0 radical (unpaired) electrons. The lowest BCUT2D eigenvalue weighted by atomic mass is 9.70. The molecule has 0 saturated carbocycles. The summed E-state index contributed by atoms with van der Waals surface area (Å²) in [4.78, 5) is 12.5. The van der Waals surface area contributed by atoms with Crippen LogP contribution in [0.2, 0.25) is 0 Å². The maximum Gasteiger partial charge on any atom is 0.509 e. The molecule has 1 heterocycles. The molecule has 0 amide bonds. The fraction of sp³-hybridized carbons (Fsp3) is 0.552. The van der Waals surface area contributed by atoms with Crippen LogP contribution < -0.4 is 11.1 Å². The van der Waals surface area contributed by atoms with Crippen molar-refractivity contribution in [1.29, 1.82) is 0 Å². The summed E-state index contributed by atoms with van der Waals surface area (Å²) in [7, 11) is 0. The van der Waals surface area contributed by atoms with Gasteiger partial charge in [-0.3, -0.25) is 0 Å². The van der Waals surface area contributed by atoms with Crippen LogP contribution in [0.3, 0.4) is 0 Å². The van der Waals surface area contributed by atoms with Crippen molar-refractivity contribution < 1.29 is 14.3 Å². The number of benzene rings is 2. The Balaban J connectivity index is 2.12. The van der Waals surface area contributed by atoms with Crippen LogP contribution in [0.15, 0.2) is 48.5 Å². The minimum atomic E-state index is -0.592. The topological polar surface area (TPSA) is 73.6 Å². The number of unbranched alkanes of at least 4 members (excludes halogenated alkanes) is 1. The number of nitrogens with one attached hydrogen (secondary N) is 1. The number of carbonyl (C=O) groups excluding carboxylic acids is 1. The van der Waals surface area contributed by atoms with E-state index in [1.165, 1.54) is 16.7 Å². The molecular weight excluding hydrogens is 424 g/mol. The monoisotopic (exact) mass is 466 g/mol. The van der Waals surface area contributed by atoms with Crippen LogP contribution in [0.1, 0.15) is 80.5 Å². The predicted molar refractivity (Wildman–Crippen MR) is 138 cm³/mol. The average molecular weight is 467 g/mol. The van der Waals surface area contributed by atoms with Gasteiger partial charge in [0.05, 0.1) is 0 Å². The predicted octanol–water partition coefficient (Wildman–Crippen LogP) is 5.98. The summed E-state index contributed by atoms with van der Waals surface area (Å²) in [6.07, 6.45) is 2.63. The highest BCUT2D eigenvalue weighted by molar-refractivity contribution is 5.63. The Hall–Kier alpha value is -2.37. The van der Waals surface area contributed by atoms with E-state index >= 15 is 0 Å². The largest absolute Gasteiger partial charge is 0.509 e. The number of carbonyl (C=O) groups is 1. The minimum Gasteiger partial charge on any atom is -0.426 e. The molecule has 2 aromatic carbocycles. The summed E-state index contributed by atoms with van der Waals surface area (Å²) in [6, 6.07) is 16.7. The summed E-state index contributed by atoms with van der Waals surface area (Å²) < 4.78 is 11.8. The third kappa shape index (κ3) is 6.00. The van der Waals surface area contributed by atoms with E-state index < -0.39 is 18.4 Å². The van der Waals surface area contributed by atoms with E-state index in [0.717, 1.165) is 37.8 Å². The standard InChI is InChI=1S/C29H42N2O3/c1-6-8-18-31-21(5)27-28(34-29(32)33-27)26(23-17-12-10-15-20(23)4)25(24(30)13-7-2)22-16-11-9-14-19(22)3/h9-12,14-17,21,24-28,31H,6-8,13,18,30H2,1-5H3/t21?,24?,25?,26?,27-,28+/m1/s1. The lowest BCUT2D eigenvalue weighted by Gasteiger charge is -2.38. The van der Waals surface area contributed by atoms with Gasteiger partial charge in [-0.2, -0.15) is 0 Å². The zero-order chi connectivity index (χ0) is 24.7. The van der Waals surface area contributed by atoms with E-state index in [1.54, 1.807) is 0 Å². The van der Waals surface area contributed by atoms with Gasteiger partial charge in [0.15, 0.2) is 12.2 Å². The molecule has 3 rings (SSSR count). The van der Waals surface area contributed by atoms with Crippen molar-refractivity contribution in [2.75, 3.05) is 6.54 Å². The van der Waals surface area contributed by atoms with Crippen LogP contribution in [0.5, 0.6) is 0 Å². The molecule has 0 aromatic heterocycles. The highest BCUT2D eigenvalue weighted by Gasteiger charge is 2.49. The van der Waals surface area contributed by atoms with Gasteiger partial charge in [0.2, 0.25) is 0 Å². The number of hydrogen-bond acceptors (Lipinski definition) is 5. The molecule has 0 aliphatic carbocycles. The maximum atomic E-state index is 12.5. The van der Waals surface area contributed by atoms with Crippen molar-refractivity contribution in [2.45, 2.75) is 96.4 Å². The smallest absolute Gasteiger partial charge is 0.426 e. The lowest BCUT2D eigenvalue weighted by Crippen LogP contribution is -2.48. The summed E-state index contributed by atoms with van der Waals surface area (Å²) in [6.45, 7) is 11.6. The van der Waals surface area contributed by atoms with Gasteiger partial charge in [-0.05, 0) is 62.4 Å². The molecule has 0 bridgehead atoms. The second kappa shape index (κ2) is 12.4. The molecule has 6 atom stereocenters. The zero-order valence-electron chi connectivity index (χ0n) is 21.4. The number of cyclic esters (lactones) is 2. The van der Waals surface area contributed by atoms with Crippen LogP contribution in [-0.2, 0) is 9.47 Å². The van der Waals surface area contributed by atoms with Crippen molar-refractivity contribution in [3.63, 3.8) is 0 Å². The SMILES string of the molecule is CCCCNC(C)[C@H]1OC(=O)O[C@H]1C(c1ccccc1C)C(c1ccccc1C)C(N)CCC. The lowest BCUT2D eigenvalue weighted by molar-refractivity contribution is 0.0883. The summed E-state index contributed by atoms with van der Waals surface area (Å²) >= 11 is 0. The molecule has 5 nitrogen and oxygen atoms in total. The first-order chi connectivity index (χ1) is 16.4. The van der Waals surface area contributed by atoms with Crippen LogP contribution >= 0.6 is 0 Å². The highest BCUT2D eigenvalue weighted by atomic mass is 16.8. The number of nitrogens with two attached hydrogens (primary N) is 1. The first-order valence-electron chi connectivity index (χ1n) is 12.9. The van der Waals surface area contributed by atoms with E-state index in [9.17, 15) is 4.79 Å². The van der Waals surface area contributed by atoms with E-state index in [1.807, 2.05) is 6.07 Å². The minimum absolute atomic E-state index is 0.0212. The molecule has 3 N–H and O–H groups in total. The molecule has 186 valence electrons. The van der Waals surface area contributed by atoms with E-state index in [-0.39, 0.29) is 23.9 Å². The van der Waals surface area contributed by atoms with Crippen LogP contribution in [0, 0.1) is 13.8 Å². The number of aryl methyl sites for hydroxylation is 2. The van der Waals surface area contributed by atoms with Crippen LogP contribution in [-0.4, -0.2) is 37.0 Å².